The third kappa shape index (κ3) is 3.24. The van der Waals surface area contributed by atoms with Crippen molar-refractivity contribution in [2.45, 2.75) is 19.4 Å². The second-order valence-electron chi connectivity index (χ2n) is 5.91. The molecule has 5 nitrogen and oxygen atoms in total. The number of hydrogen-bond donors (Lipinski definition) is 1. The highest BCUT2D eigenvalue weighted by Gasteiger charge is 2.19. The fourth-order valence-corrected chi connectivity index (χ4v) is 3.22. The van der Waals surface area contributed by atoms with Gasteiger partial charge in [0, 0.05) is 24.2 Å². The van der Waals surface area contributed by atoms with Crippen LogP contribution >= 0.6 is 22.9 Å². The molecule has 3 rings (SSSR count). The molecule has 7 heteroatoms. The van der Waals surface area contributed by atoms with Crippen LogP contribution in [0.5, 0.6) is 0 Å². The Morgan fingerprint density at radius 2 is 2.00 bits per heavy atom. The highest BCUT2D eigenvalue weighted by Crippen LogP contribution is 2.27. The van der Waals surface area contributed by atoms with E-state index >= 15 is 0 Å². The van der Waals surface area contributed by atoms with Crippen molar-refractivity contribution in [1.82, 2.24) is 14.6 Å². The molecule has 0 saturated heterocycles. The highest BCUT2D eigenvalue weighted by molar-refractivity contribution is 7.20. The van der Waals surface area contributed by atoms with Gasteiger partial charge in [0.25, 0.3) is 0 Å². The maximum Gasteiger partial charge on any atom is 0.214 e. The summed E-state index contributed by atoms with van der Waals surface area (Å²) in [5, 5.41) is 15.9. The number of fused-ring (bicyclic) bond motifs is 1. The molecule has 0 amide bonds. The van der Waals surface area contributed by atoms with Crippen molar-refractivity contribution >= 4 is 33.0 Å². The minimum atomic E-state index is -0.767. The molecule has 2 aromatic heterocycles. The lowest BCUT2D eigenvalue weighted by Gasteiger charge is -2.24. The summed E-state index contributed by atoms with van der Waals surface area (Å²) >= 11 is 7.40. The van der Waals surface area contributed by atoms with Crippen LogP contribution in [0, 0.1) is 0 Å². The molecule has 1 aromatic carbocycles. The molecule has 0 aliphatic rings. The smallest absolute Gasteiger partial charge is 0.214 e. The predicted octanol–water partition coefficient (Wildman–Crippen LogP) is 3.32. The SMILES string of the molecule is CN(CC(C)(C)O)c1nn2cc(-c3ccc(Cl)cc3)nc2s1. The highest BCUT2D eigenvalue weighted by atomic mass is 35.5. The Morgan fingerprint density at radius 1 is 1.32 bits per heavy atom. The third-order valence-corrected chi connectivity index (χ3v) is 4.41. The summed E-state index contributed by atoms with van der Waals surface area (Å²) in [6.07, 6.45) is 1.90. The molecule has 0 aliphatic carbocycles. The minimum Gasteiger partial charge on any atom is -0.389 e. The molecule has 0 bridgehead atoms. The molecule has 0 unspecified atom stereocenters. The quantitative estimate of drug-likeness (QED) is 0.794. The molecule has 116 valence electrons. The van der Waals surface area contributed by atoms with Crippen LogP contribution < -0.4 is 4.90 Å². The number of benzene rings is 1. The van der Waals surface area contributed by atoms with Gasteiger partial charge in [0.05, 0.1) is 17.5 Å². The van der Waals surface area contributed by atoms with Gasteiger partial charge in [0.1, 0.15) is 0 Å². The van der Waals surface area contributed by atoms with Crippen molar-refractivity contribution in [3.8, 4) is 11.3 Å². The standard InChI is InChI=1S/C15H17ClN4OS/c1-15(2,21)9-19(3)14-18-20-8-12(17-13(20)22-14)10-4-6-11(16)7-5-10/h4-8,21H,9H2,1-3H3. The third-order valence-electron chi connectivity index (χ3n) is 3.12. The minimum absolute atomic E-state index is 0.508. The van der Waals surface area contributed by atoms with Crippen molar-refractivity contribution in [1.29, 1.82) is 0 Å². The molecule has 1 N–H and O–H groups in total. The number of rotatable bonds is 4. The monoisotopic (exact) mass is 336 g/mol. The zero-order valence-corrected chi connectivity index (χ0v) is 14.2. The molecule has 0 atom stereocenters. The summed E-state index contributed by atoms with van der Waals surface area (Å²) in [5.74, 6) is 0. The molecule has 3 aromatic rings. The van der Waals surface area contributed by atoms with Crippen LogP contribution in [-0.4, -0.2) is 38.9 Å². The van der Waals surface area contributed by atoms with Gasteiger partial charge >= 0.3 is 0 Å². The maximum atomic E-state index is 9.89. The van der Waals surface area contributed by atoms with E-state index in [0.717, 1.165) is 21.3 Å². The number of imidazole rings is 1. The second kappa shape index (κ2) is 5.53. The Kier molecular flexibility index (Phi) is 3.84. The van der Waals surface area contributed by atoms with Crippen molar-refractivity contribution < 1.29 is 5.11 Å². The summed E-state index contributed by atoms with van der Waals surface area (Å²) in [5.41, 5.74) is 1.11. The van der Waals surface area contributed by atoms with E-state index in [2.05, 4.69) is 10.1 Å². The Bertz CT molecular complexity index is 757. The largest absolute Gasteiger partial charge is 0.389 e. The Hall–Kier alpha value is -1.63. The fourth-order valence-electron chi connectivity index (χ4n) is 2.25. The topological polar surface area (TPSA) is 53.7 Å². The van der Waals surface area contributed by atoms with Crippen LogP contribution in [0.4, 0.5) is 5.13 Å². The predicted molar refractivity (Wildman–Crippen MR) is 90.9 cm³/mol. The normalized spacial score (nSPS) is 12.0. The van der Waals surface area contributed by atoms with E-state index in [1.165, 1.54) is 11.3 Å². The Balaban J connectivity index is 1.87. The van der Waals surface area contributed by atoms with Crippen LogP contribution in [-0.2, 0) is 0 Å². The van der Waals surface area contributed by atoms with Gasteiger partial charge in [0.15, 0.2) is 0 Å². The van der Waals surface area contributed by atoms with Gasteiger partial charge in [0.2, 0.25) is 10.1 Å². The van der Waals surface area contributed by atoms with Gasteiger partial charge in [-0.2, -0.15) is 0 Å². The number of likely N-dealkylation sites (N-methyl/N-ethyl adjacent to an activating group) is 1. The van der Waals surface area contributed by atoms with Crippen LogP contribution in [0.3, 0.4) is 0 Å². The molecule has 0 saturated carbocycles. The van der Waals surface area contributed by atoms with E-state index < -0.39 is 5.60 Å². The molecule has 22 heavy (non-hydrogen) atoms. The maximum absolute atomic E-state index is 9.89. The summed E-state index contributed by atoms with van der Waals surface area (Å²) in [4.78, 5) is 7.35. The lowest BCUT2D eigenvalue weighted by molar-refractivity contribution is 0.0886. The average molecular weight is 337 g/mol. The van der Waals surface area contributed by atoms with E-state index in [1.807, 2.05) is 42.4 Å². The first kappa shape index (κ1) is 15.3. The number of nitrogens with zero attached hydrogens (tertiary/aromatic N) is 4. The summed E-state index contributed by atoms with van der Waals surface area (Å²) in [6.45, 7) is 4.06. The fraction of sp³-hybridized carbons (Fsp3) is 0.333. The van der Waals surface area contributed by atoms with E-state index in [1.54, 1.807) is 18.4 Å². The molecule has 0 aliphatic heterocycles. The first-order chi connectivity index (χ1) is 10.3. The second-order valence-corrected chi connectivity index (χ2v) is 7.28. The van der Waals surface area contributed by atoms with E-state index in [0.29, 0.717) is 11.6 Å². The summed E-state index contributed by atoms with van der Waals surface area (Å²) < 4.78 is 1.77. The molecule has 0 spiro atoms. The van der Waals surface area contributed by atoms with Gasteiger partial charge in [-0.1, -0.05) is 35.1 Å². The van der Waals surface area contributed by atoms with Crippen molar-refractivity contribution in [3.05, 3.63) is 35.5 Å². The van der Waals surface area contributed by atoms with Crippen molar-refractivity contribution in [3.63, 3.8) is 0 Å². The zero-order valence-electron chi connectivity index (χ0n) is 12.6. The zero-order chi connectivity index (χ0) is 15.9. The van der Waals surface area contributed by atoms with Crippen LogP contribution in [0.2, 0.25) is 5.02 Å². The van der Waals surface area contributed by atoms with Gasteiger partial charge in [-0.15, -0.1) is 5.10 Å². The Morgan fingerprint density at radius 3 is 2.59 bits per heavy atom. The number of hydrogen-bond acceptors (Lipinski definition) is 5. The molecule has 2 heterocycles. The van der Waals surface area contributed by atoms with Crippen molar-refractivity contribution in [2.24, 2.45) is 0 Å². The van der Waals surface area contributed by atoms with E-state index in [9.17, 15) is 5.11 Å². The van der Waals surface area contributed by atoms with Gasteiger partial charge < -0.3 is 10.0 Å². The molecular formula is C15H17ClN4OS. The summed E-state index contributed by atoms with van der Waals surface area (Å²) in [6, 6.07) is 7.58. The van der Waals surface area contributed by atoms with Crippen LogP contribution in [0.1, 0.15) is 13.8 Å². The van der Waals surface area contributed by atoms with Crippen LogP contribution in [0.25, 0.3) is 16.2 Å². The van der Waals surface area contributed by atoms with E-state index in [-0.39, 0.29) is 0 Å². The lowest BCUT2D eigenvalue weighted by Crippen LogP contribution is -2.36. The Labute approximate surface area is 137 Å². The molecule has 0 radical (unpaired) electrons. The van der Waals surface area contributed by atoms with Crippen LogP contribution in [0.15, 0.2) is 30.5 Å². The van der Waals surface area contributed by atoms with Crippen molar-refractivity contribution in [2.75, 3.05) is 18.5 Å². The summed E-state index contributed by atoms with van der Waals surface area (Å²) in [7, 11) is 1.91. The number of halogens is 1. The average Bonchev–Trinajstić information content (AvgIpc) is 2.95. The first-order valence-electron chi connectivity index (χ1n) is 6.87. The molecule has 0 fully saturated rings. The first-order valence-corrected chi connectivity index (χ1v) is 8.07. The van der Waals surface area contributed by atoms with E-state index in [4.69, 9.17) is 11.6 Å². The van der Waals surface area contributed by atoms with Gasteiger partial charge in [-0.05, 0) is 26.0 Å². The number of aromatic nitrogens is 3. The number of anilines is 1. The van der Waals surface area contributed by atoms with Gasteiger partial charge in [-0.3, -0.25) is 0 Å². The lowest BCUT2D eigenvalue weighted by atomic mass is 10.1. The number of aliphatic hydroxyl groups is 1. The van der Waals surface area contributed by atoms with Gasteiger partial charge in [-0.25, -0.2) is 9.50 Å². The molecular weight excluding hydrogens is 320 g/mol.